The Morgan fingerprint density at radius 1 is 1.28 bits per heavy atom. The van der Waals surface area contributed by atoms with Crippen LogP contribution in [0.25, 0.3) is 0 Å². The lowest BCUT2D eigenvalue weighted by molar-refractivity contribution is 0.237. The number of anilines is 1. The molecule has 0 atom stereocenters. The van der Waals surface area contributed by atoms with E-state index >= 15 is 0 Å². The van der Waals surface area contributed by atoms with Gasteiger partial charge in [0, 0.05) is 13.1 Å². The molecule has 0 aromatic carbocycles. The summed E-state index contributed by atoms with van der Waals surface area (Å²) >= 11 is 4.83. The molecule has 6 heteroatoms. The summed E-state index contributed by atoms with van der Waals surface area (Å²) in [6.07, 6.45) is 7.29. The van der Waals surface area contributed by atoms with Crippen molar-refractivity contribution in [2.45, 2.75) is 19.3 Å². The first-order valence-corrected chi connectivity index (χ1v) is 6.74. The highest BCUT2D eigenvalue weighted by atomic mass is 32.1. The Morgan fingerprint density at radius 3 is 2.67 bits per heavy atom. The first-order chi connectivity index (χ1) is 8.75. The molecule has 1 fully saturated rings. The zero-order valence-corrected chi connectivity index (χ0v) is 11.2. The summed E-state index contributed by atoms with van der Waals surface area (Å²) < 4.78 is 0. The smallest absolute Gasteiger partial charge is 0.144 e. The summed E-state index contributed by atoms with van der Waals surface area (Å²) in [4.78, 5) is 11.1. The monoisotopic (exact) mass is 265 g/mol. The number of hydrogen-bond donors (Lipinski definition) is 2. The summed E-state index contributed by atoms with van der Waals surface area (Å²) in [7, 11) is 0. The second-order valence-electron chi connectivity index (χ2n) is 4.48. The summed E-state index contributed by atoms with van der Waals surface area (Å²) in [5, 5.41) is 3.26. The van der Waals surface area contributed by atoms with Gasteiger partial charge in [-0.1, -0.05) is 18.6 Å². The van der Waals surface area contributed by atoms with Crippen molar-refractivity contribution in [3.05, 3.63) is 18.1 Å². The first-order valence-electron chi connectivity index (χ1n) is 6.34. The van der Waals surface area contributed by atoms with Gasteiger partial charge in [-0.05, 0) is 25.9 Å². The third kappa shape index (κ3) is 3.89. The minimum absolute atomic E-state index is 0.280. The topological polar surface area (TPSA) is 67.1 Å². The lowest BCUT2D eigenvalue weighted by Crippen LogP contribution is -2.33. The molecule has 5 nitrogen and oxygen atoms in total. The van der Waals surface area contributed by atoms with Gasteiger partial charge < -0.3 is 16.0 Å². The Labute approximate surface area is 113 Å². The number of thiocarbonyl (C=S) groups is 1. The molecule has 18 heavy (non-hydrogen) atoms. The van der Waals surface area contributed by atoms with Gasteiger partial charge in [0.1, 0.15) is 16.5 Å². The molecule has 2 heterocycles. The van der Waals surface area contributed by atoms with E-state index in [1.54, 1.807) is 12.4 Å². The number of likely N-dealkylation sites (tertiary alicyclic amines) is 1. The zero-order valence-electron chi connectivity index (χ0n) is 10.4. The average molecular weight is 265 g/mol. The Balaban J connectivity index is 1.74. The fourth-order valence-electron chi connectivity index (χ4n) is 2.07. The molecule has 0 bridgehead atoms. The van der Waals surface area contributed by atoms with Crippen LogP contribution in [0.1, 0.15) is 25.0 Å². The van der Waals surface area contributed by atoms with Crippen LogP contribution in [-0.4, -0.2) is 46.0 Å². The molecule has 1 aliphatic heterocycles. The maximum Gasteiger partial charge on any atom is 0.144 e. The molecule has 1 aliphatic rings. The van der Waals surface area contributed by atoms with Crippen LogP contribution in [-0.2, 0) is 0 Å². The van der Waals surface area contributed by atoms with Gasteiger partial charge >= 0.3 is 0 Å². The van der Waals surface area contributed by atoms with Gasteiger partial charge in [-0.3, -0.25) is 0 Å². The quantitative estimate of drug-likeness (QED) is 0.775. The second-order valence-corrected chi connectivity index (χ2v) is 4.92. The number of nitrogens with one attached hydrogen (secondary N) is 1. The van der Waals surface area contributed by atoms with Crippen LogP contribution >= 0.6 is 12.2 Å². The van der Waals surface area contributed by atoms with Crippen molar-refractivity contribution in [1.82, 2.24) is 14.9 Å². The summed E-state index contributed by atoms with van der Waals surface area (Å²) in [6, 6.07) is 0. The van der Waals surface area contributed by atoms with E-state index in [0.29, 0.717) is 5.69 Å². The Bertz CT molecular complexity index is 386. The normalized spacial score (nSPS) is 16.4. The van der Waals surface area contributed by atoms with E-state index in [2.05, 4.69) is 20.2 Å². The first kappa shape index (κ1) is 13.2. The highest BCUT2D eigenvalue weighted by Gasteiger charge is 2.09. The van der Waals surface area contributed by atoms with Crippen LogP contribution in [0.3, 0.4) is 0 Å². The van der Waals surface area contributed by atoms with Gasteiger partial charge in [-0.15, -0.1) is 0 Å². The lowest BCUT2D eigenvalue weighted by Gasteiger charge is -2.26. The van der Waals surface area contributed by atoms with E-state index in [1.807, 2.05) is 0 Å². The number of hydrogen-bond acceptors (Lipinski definition) is 5. The van der Waals surface area contributed by atoms with Gasteiger partial charge in [0.25, 0.3) is 0 Å². The molecule has 0 spiro atoms. The molecule has 0 unspecified atom stereocenters. The summed E-state index contributed by atoms with van der Waals surface area (Å²) in [5.41, 5.74) is 6.02. The SMILES string of the molecule is NC(=S)c1cnc(NCCN2CCCCC2)cn1. The number of nitrogens with zero attached hydrogens (tertiary/aromatic N) is 3. The van der Waals surface area contributed by atoms with Gasteiger partial charge in [0.2, 0.25) is 0 Å². The maximum absolute atomic E-state index is 5.46. The number of rotatable bonds is 5. The highest BCUT2D eigenvalue weighted by Crippen LogP contribution is 2.08. The molecule has 0 saturated carbocycles. The maximum atomic E-state index is 5.46. The molecule has 1 aromatic rings. The largest absolute Gasteiger partial charge is 0.388 e. The van der Waals surface area contributed by atoms with Gasteiger partial charge in [-0.2, -0.15) is 0 Å². The minimum Gasteiger partial charge on any atom is -0.388 e. The molecular formula is C12H19N5S. The van der Waals surface area contributed by atoms with Crippen LogP contribution in [0.2, 0.25) is 0 Å². The van der Waals surface area contributed by atoms with Crippen molar-refractivity contribution < 1.29 is 0 Å². The van der Waals surface area contributed by atoms with Crippen LogP contribution in [0.4, 0.5) is 5.82 Å². The van der Waals surface area contributed by atoms with Crippen LogP contribution in [0, 0.1) is 0 Å². The van der Waals surface area contributed by atoms with Gasteiger partial charge in [0.05, 0.1) is 12.4 Å². The second kappa shape index (κ2) is 6.61. The van der Waals surface area contributed by atoms with Crippen molar-refractivity contribution in [1.29, 1.82) is 0 Å². The fourth-order valence-corrected chi connectivity index (χ4v) is 2.18. The Kier molecular flexibility index (Phi) is 4.83. The third-order valence-electron chi connectivity index (χ3n) is 3.09. The number of nitrogens with two attached hydrogens (primary N) is 1. The van der Waals surface area contributed by atoms with E-state index < -0.39 is 0 Å². The predicted molar refractivity (Wildman–Crippen MR) is 76.7 cm³/mol. The predicted octanol–water partition coefficient (Wildman–Crippen LogP) is 1.01. The zero-order chi connectivity index (χ0) is 12.8. The molecule has 1 saturated heterocycles. The van der Waals surface area contributed by atoms with E-state index in [9.17, 15) is 0 Å². The third-order valence-corrected chi connectivity index (χ3v) is 3.30. The minimum atomic E-state index is 0.280. The van der Waals surface area contributed by atoms with Gasteiger partial charge in [-0.25, -0.2) is 9.97 Å². The van der Waals surface area contributed by atoms with Crippen LogP contribution < -0.4 is 11.1 Å². The van der Waals surface area contributed by atoms with Crippen molar-refractivity contribution >= 4 is 23.0 Å². The standard InChI is InChI=1S/C12H19N5S/c13-12(18)10-8-16-11(9-15-10)14-4-7-17-5-2-1-3-6-17/h8-9H,1-7H2,(H2,13,18)(H,14,16). The summed E-state index contributed by atoms with van der Waals surface area (Å²) in [6.45, 7) is 4.38. The summed E-state index contributed by atoms with van der Waals surface area (Å²) in [5.74, 6) is 0.770. The van der Waals surface area contributed by atoms with Crippen LogP contribution in [0.15, 0.2) is 12.4 Å². The molecular weight excluding hydrogens is 246 g/mol. The average Bonchev–Trinajstić information content (AvgIpc) is 2.40. The molecule has 98 valence electrons. The molecule has 0 amide bonds. The number of aromatic nitrogens is 2. The molecule has 3 N–H and O–H groups in total. The Hall–Kier alpha value is -1.27. The van der Waals surface area contributed by atoms with Crippen LogP contribution in [0.5, 0.6) is 0 Å². The van der Waals surface area contributed by atoms with Crippen molar-refractivity contribution in [3.8, 4) is 0 Å². The van der Waals surface area contributed by atoms with E-state index in [-0.39, 0.29) is 4.99 Å². The molecule has 0 aliphatic carbocycles. The van der Waals surface area contributed by atoms with E-state index in [4.69, 9.17) is 18.0 Å². The van der Waals surface area contributed by atoms with Gasteiger partial charge in [0.15, 0.2) is 0 Å². The fraction of sp³-hybridized carbons (Fsp3) is 0.583. The lowest BCUT2D eigenvalue weighted by atomic mass is 10.1. The number of piperidine rings is 1. The van der Waals surface area contributed by atoms with E-state index in [0.717, 1.165) is 18.9 Å². The van der Waals surface area contributed by atoms with Crippen molar-refractivity contribution in [2.24, 2.45) is 5.73 Å². The molecule has 2 rings (SSSR count). The Morgan fingerprint density at radius 2 is 2.06 bits per heavy atom. The van der Waals surface area contributed by atoms with Crippen molar-refractivity contribution in [3.63, 3.8) is 0 Å². The molecule has 0 radical (unpaired) electrons. The van der Waals surface area contributed by atoms with Crippen molar-refractivity contribution in [2.75, 3.05) is 31.5 Å². The molecule has 1 aromatic heterocycles. The highest BCUT2D eigenvalue weighted by molar-refractivity contribution is 7.80. The van der Waals surface area contributed by atoms with E-state index in [1.165, 1.54) is 32.4 Å².